The highest BCUT2D eigenvalue weighted by Gasteiger charge is 2.17. The maximum atomic E-state index is 12.2. The summed E-state index contributed by atoms with van der Waals surface area (Å²) in [6, 6.07) is 0.150. The Morgan fingerprint density at radius 2 is 1.43 bits per heavy atom. The Labute approximate surface area is 141 Å². The summed E-state index contributed by atoms with van der Waals surface area (Å²) in [7, 11) is 5.75. The molecule has 6 nitrogen and oxygen atoms in total. The number of hydrogen-bond acceptors (Lipinski definition) is 5. The third-order valence-electron chi connectivity index (χ3n) is 3.95. The fourth-order valence-corrected chi connectivity index (χ4v) is 2.65. The molecule has 4 N–H and O–H groups in total. The molecular weight excluding hydrogens is 292 g/mol. The number of rotatable bonds is 15. The van der Waals surface area contributed by atoms with E-state index in [2.05, 4.69) is 21.3 Å². The highest BCUT2D eigenvalue weighted by Crippen LogP contribution is 2.07. The minimum absolute atomic E-state index is 0.0355. The summed E-state index contributed by atoms with van der Waals surface area (Å²) in [6.45, 7) is 3.51. The number of hydrogen-bond donors (Lipinski definition) is 4. The molecule has 0 aliphatic rings. The number of unbranched alkanes of at least 4 members (excludes halogenated alkanes) is 1. The average Bonchev–Trinajstić information content (AvgIpc) is 2.50. The van der Waals surface area contributed by atoms with Crippen molar-refractivity contribution in [1.82, 2.24) is 21.3 Å². The SMILES string of the molecule is CNCCCCC(CC(C)=O)NC(=O)CC(CCCNC)NC. The van der Waals surface area contributed by atoms with Crippen molar-refractivity contribution < 1.29 is 9.59 Å². The van der Waals surface area contributed by atoms with Gasteiger partial charge in [0.2, 0.25) is 5.91 Å². The van der Waals surface area contributed by atoms with E-state index in [0.29, 0.717) is 12.8 Å². The smallest absolute Gasteiger partial charge is 0.221 e. The third kappa shape index (κ3) is 13.2. The second-order valence-electron chi connectivity index (χ2n) is 6.21. The van der Waals surface area contributed by atoms with E-state index in [1.165, 1.54) is 0 Å². The van der Waals surface area contributed by atoms with Gasteiger partial charge in [-0.15, -0.1) is 0 Å². The van der Waals surface area contributed by atoms with E-state index in [4.69, 9.17) is 0 Å². The van der Waals surface area contributed by atoms with Crippen LogP contribution < -0.4 is 21.3 Å². The Hall–Kier alpha value is -0.980. The van der Waals surface area contributed by atoms with Gasteiger partial charge in [-0.3, -0.25) is 9.59 Å². The Morgan fingerprint density at radius 3 is 2.00 bits per heavy atom. The molecule has 23 heavy (non-hydrogen) atoms. The van der Waals surface area contributed by atoms with Crippen LogP contribution in [0.3, 0.4) is 0 Å². The van der Waals surface area contributed by atoms with Crippen molar-refractivity contribution in [2.45, 2.75) is 64.0 Å². The van der Waals surface area contributed by atoms with Crippen LogP contribution in [0.5, 0.6) is 0 Å². The number of carbonyl (C=O) groups excluding carboxylic acids is 2. The van der Waals surface area contributed by atoms with Crippen LogP contribution in [0.15, 0.2) is 0 Å². The van der Waals surface area contributed by atoms with Gasteiger partial charge in [-0.05, 0) is 66.8 Å². The molecule has 0 aromatic rings. The van der Waals surface area contributed by atoms with Crippen LogP contribution in [0, 0.1) is 0 Å². The van der Waals surface area contributed by atoms with E-state index < -0.39 is 0 Å². The molecule has 0 heterocycles. The fourth-order valence-electron chi connectivity index (χ4n) is 2.65. The molecule has 136 valence electrons. The van der Waals surface area contributed by atoms with Crippen LogP contribution in [0.4, 0.5) is 0 Å². The van der Waals surface area contributed by atoms with Crippen LogP contribution in [0.2, 0.25) is 0 Å². The molecule has 0 saturated carbocycles. The van der Waals surface area contributed by atoms with Gasteiger partial charge in [0.05, 0.1) is 0 Å². The van der Waals surface area contributed by atoms with Gasteiger partial charge in [0.15, 0.2) is 0 Å². The first kappa shape index (κ1) is 22.0. The molecule has 0 rings (SSSR count). The minimum Gasteiger partial charge on any atom is -0.353 e. The lowest BCUT2D eigenvalue weighted by Gasteiger charge is -2.20. The first-order valence-corrected chi connectivity index (χ1v) is 8.78. The van der Waals surface area contributed by atoms with E-state index in [1.54, 1.807) is 6.92 Å². The Bertz CT molecular complexity index is 324. The molecular formula is C17H36N4O2. The molecule has 0 aromatic heterocycles. The van der Waals surface area contributed by atoms with Crippen molar-refractivity contribution in [2.75, 3.05) is 34.2 Å². The van der Waals surface area contributed by atoms with E-state index in [9.17, 15) is 9.59 Å². The van der Waals surface area contributed by atoms with Gasteiger partial charge in [-0.25, -0.2) is 0 Å². The topological polar surface area (TPSA) is 82.3 Å². The minimum atomic E-state index is -0.0355. The van der Waals surface area contributed by atoms with Gasteiger partial charge in [0.25, 0.3) is 0 Å². The highest BCUT2D eigenvalue weighted by atomic mass is 16.2. The Kier molecular flexibility index (Phi) is 14.0. The maximum Gasteiger partial charge on any atom is 0.221 e. The van der Waals surface area contributed by atoms with Crippen molar-refractivity contribution in [3.63, 3.8) is 0 Å². The molecule has 0 aromatic carbocycles. The molecule has 0 aliphatic heterocycles. The van der Waals surface area contributed by atoms with Crippen LogP contribution in [0.1, 0.15) is 51.9 Å². The number of amides is 1. The summed E-state index contributed by atoms with van der Waals surface area (Å²) < 4.78 is 0. The molecule has 2 atom stereocenters. The number of ketones is 1. The summed E-state index contributed by atoms with van der Waals surface area (Å²) in [5, 5.41) is 12.5. The van der Waals surface area contributed by atoms with Crippen molar-refractivity contribution in [2.24, 2.45) is 0 Å². The lowest BCUT2D eigenvalue weighted by molar-refractivity contribution is -0.123. The Balaban J connectivity index is 4.24. The fraction of sp³-hybridized carbons (Fsp3) is 0.882. The van der Waals surface area contributed by atoms with E-state index >= 15 is 0 Å². The zero-order chi connectivity index (χ0) is 17.5. The molecule has 0 spiro atoms. The van der Waals surface area contributed by atoms with E-state index in [-0.39, 0.29) is 23.8 Å². The molecule has 0 radical (unpaired) electrons. The lowest BCUT2D eigenvalue weighted by atomic mass is 10.0. The summed E-state index contributed by atoms with van der Waals surface area (Å²) in [6.07, 6.45) is 5.82. The summed E-state index contributed by atoms with van der Waals surface area (Å²) in [5.74, 6) is 0.164. The van der Waals surface area contributed by atoms with E-state index in [0.717, 1.165) is 45.2 Å². The third-order valence-corrected chi connectivity index (χ3v) is 3.95. The van der Waals surface area contributed by atoms with Crippen molar-refractivity contribution in [3.05, 3.63) is 0 Å². The predicted octanol–water partition coefficient (Wildman–Crippen LogP) is 0.818. The van der Waals surface area contributed by atoms with Crippen LogP contribution >= 0.6 is 0 Å². The van der Waals surface area contributed by atoms with Gasteiger partial charge in [0.1, 0.15) is 5.78 Å². The largest absolute Gasteiger partial charge is 0.353 e. The van der Waals surface area contributed by atoms with Crippen LogP contribution in [-0.2, 0) is 9.59 Å². The zero-order valence-electron chi connectivity index (χ0n) is 15.3. The van der Waals surface area contributed by atoms with Crippen LogP contribution in [-0.4, -0.2) is 58.0 Å². The zero-order valence-corrected chi connectivity index (χ0v) is 15.3. The van der Waals surface area contributed by atoms with Gasteiger partial charge >= 0.3 is 0 Å². The second kappa shape index (κ2) is 14.6. The average molecular weight is 329 g/mol. The molecule has 1 amide bonds. The first-order valence-electron chi connectivity index (χ1n) is 8.78. The molecule has 0 aliphatic carbocycles. The van der Waals surface area contributed by atoms with Gasteiger partial charge in [0, 0.05) is 24.9 Å². The van der Waals surface area contributed by atoms with Gasteiger partial charge < -0.3 is 21.3 Å². The standard InChI is InChI=1S/C17H36N4O2/c1-14(22)12-16(8-5-6-10-18-2)21-17(23)13-15(20-4)9-7-11-19-3/h15-16,18-20H,5-13H2,1-4H3,(H,21,23). The molecule has 0 saturated heterocycles. The number of carbonyl (C=O) groups is 2. The molecule has 0 fully saturated rings. The van der Waals surface area contributed by atoms with Gasteiger partial charge in [-0.2, -0.15) is 0 Å². The molecule has 2 unspecified atom stereocenters. The van der Waals surface area contributed by atoms with Crippen molar-refractivity contribution >= 4 is 11.7 Å². The normalized spacial score (nSPS) is 13.6. The van der Waals surface area contributed by atoms with E-state index in [1.807, 2.05) is 21.1 Å². The number of nitrogens with one attached hydrogen (secondary N) is 4. The lowest BCUT2D eigenvalue weighted by Crippen LogP contribution is -2.40. The predicted molar refractivity (Wildman–Crippen MR) is 95.6 cm³/mol. The summed E-state index contributed by atoms with van der Waals surface area (Å²) in [4.78, 5) is 23.6. The van der Waals surface area contributed by atoms with Crippen LogP contribution in [0.25, 0.3) is 0 Å². The second-order valence-corrected chi connectivity index (χ2v) is 6.21. The monoisotopic (exact) mass is 328 g/mol. The highest BCUT2D eigenvalue weighted by molar-refractivity contribution is 5.79. The first-order chi connectivity index (χ1) is 11.0. The van der Waals surface area contributed by atoms with Crippen molar-refractivity contribution in [3.8, 4) is 0 Å². The summed E-state index contributed by atoms with van der Waals surface area (Å²) in [5.41, 5.74) is 0. The molecule has 0 bridgehead atoms. The van der Waals surface area contributed by atoms with Crippen molar-refractivity contribution in [1.29, 1.82) is 0 Å². The summed E-state index contributed by atoms with van der Waals surface area (Å²) >= 11 is 0. The Morgan fingerprint density at radius 1 is 0.826 bits per heavy atom. The molecule has 6 heteroatoms. The number of Topliss-reactive ketones (excluding diaryl/α,β-unsaturated/α-hetero) is 1. The quantitative estimate of drug-likeness (QED) is 0.335. The maximum absolute atomic E-state index is 12.2. The van der Waals surface area contributed by atoms with Gasteiger partial charge in [-0.1, -0.05) is 6.42 Å².